The van der Waals surface area contributed by atoms with Crippen LogP contribution in [0.5, 0.6) is 0 Å². The molecule has 2 fully saturated rings. The molecule has 3 heteroatoms. The van der Waals surface area contributed by atoms with E-state index in [1.54, 1.807) is 0 Å². The van der Waals surface area contributed by atoms with Crippen molar-refractivity contribution < 1.29 is 0 Å². The van der Waals surface area contributed by atoms with Crippen molar-refractivity contribution in [2.75, 3.05) is 19.6 Å². The molecule has 1 unspecified atom stereocenters. The molecule has 0 heterocycles. The molecule has 0 radical (unpaired) electrons. The lowest BCUT2D eigenvalue weighted by Gasteiger charge is -2.28. The number of nitrogens with zero attached hydrogens (tertiary/aromatic N) is 2. The summed E-state index contributed by atoms with van der Waals surface area (Å²) in [5.74, 6) is 0.969. The van der Waals surface area contributed by atoms with Gasteiger partial charge in [-0.15, -0.1) is 0 Å². The summed E-state index contributed by atoms with van der Waals surface area (Å²) in [5, 5.41) is 13.1. The summed E-state index contributed by atoms with van der Waals surface area (Å²) in [7, 11) is 0. The molecule has 0 bridgehead atoms. The number of hydrogen-bond acceptors (Lipinski definition) is 3. The Hall–Kier alpha value is -0.590. The molecule has 0 aromatic rings. The standard InChI is InChI=1S/C16H29N3/c1-3-16(13-17,18-15-8-9-15)10-5-11-19(4-2)12-14-6-7-14/h14-15,18H,3-12H2,1-2H3. The zero-order chi connectivity index (χ0) is 13.7. The lowest BCUT2D eigenvalue weighted by atomic mass is 9.91. The minimum Gasteiger partial charge on any atom is -0.303 e. The van der Waals surface area contributed by atoms with Gasteiger partial charge >= 0.3 is 0 Å². The molecular formula is C16H29N3. The molecule has 0 spiro atoms. The van der Waals surface area contributed by atoms with Crippen molar-refractivity contribution in [2.45, 2.75) is 70.4 Å². The Labute approximate surface area is 118 Å². The number of nitrogens with one attached hydrogen (secondary N) is 1. The maximum absolute atomic E-state index is 9.50. The van der Waals surface area contributed by atoms with E-state index in [-0.39, 0.29) is 5.54 Å². The Morgan fingerprint density at radius 3 is 2.47 bits per heavy atom. The van der Waals surface area contributed by atoms with Crippen molar-refractivity contribution in [3.63, 3.8) is 0 Å². The van der Waals surface area contributed by atoms with Crippen molar-refractivity contribution >= 4 is 0 Å². The van der Waals surface area contributed by atoms with Crippen LogP contribution < -0.4 is 5.32 Å². The molecule has 19 heavy (non-hydrogen) atoms. The predicted molar refractivity (Wildman–Crippen MR) is 78.9 cm³/mol. The molecule has 0 aromatic carbocycles. The van der Waals surface area contributed by atoms with E-state index >= 15 is 0 Å². The highest BCUT2D eigenvalue weighted by atomic mass is 15.1. The summed E-state index contributed by atoms with van der Waals surface area (Å²) in [6.07, 6.45) is 8.43. The van der Waals surface area contributed by atoms with E-state index in [0.717, 1.165) is 38.3 Å². The summed E-state index contributed by atoms with van der Waals surface area (Å²) in [6, 6.07) is 3.17. The minimum atomic E-state index is -0.264. The largest absolute Gasteiger partial charge is 0.303 e. The first kappa shape index (κ1) is 14.8. The summed E-state index contributed by atoms with van der Waals surface area (Å²) in [5.41, 5.74) is -0.264. The molecule has 1 N–H and O–H groups in total. The van der Waals surface area contributed by atoms with Crippen molar-refractivity contribution in [1.82, 2.24) is 10.2 Å². The molecule has 3 nitrogen and oxygen atoms in total. The van der Waals surface area contributed by atoms with Crippen LogP contribution in [-0.2, 0) is 0 Å². The van der Waals surface area contributed by atoms with Crippen LogP contribution in [0.2, 0.25) is 0 Å². The fourth-order valence-corrected chi connectivity index (χ4v) is 2.79. The Morgan fingerprint density at radius 1 is 1.26 bits per heavy atom. The predicted octanol–water partition coefficient (Wildman–Crippen LogP) is 2.92. The van der Waals surface area contributed by atoms with E-state index < -0.39 is 0 Å². The average Bonchev–Trinajstić information content (AvgIpc) is 3.32. The third-order valence-electron chi connectivity index (χ3n) is 4.61. The first-order chi connectivity index (χ1) is 9.21. The summed E-state index contributed by atoms with van der Waals surface area (Å²) in [4.78, 5) is 2.56. The van der Waals surface area contributed by atoms with Crippen molar-refractivity contribution in [3.05, 3.63) is 0 Å². The van der Waals surface area contributed by atoms with E-state index in [1.165, 1.54) is 32.2 Å². The van der Waals surface area contributed by atoms with Gasteiger partial charge in [0.2, 0.25) is 0 Å². The van der Waals surface area contributed by atoms with E-state index in [0.29, 0.717) is 6.04 Å². The monoisotopic (exact) mass is 263 g/mol. The van der Waals surface area contributed by atoms with Crippen molar-refractivity contribution in [3.8, 4) is 6.07 Å². The zero-order valence-electron chi connectivity index (χ0n) is 12.6. The van der Waals surface area contributed by atoms with Crippen molar-refractivity contribution in [1.29, 1.82) is 5.26 Å². The molecule has 2 aliphatic rings. The van der Waals surface area contributed by atoms with Gasteiger partial charge in [0.1, 0.15) is 5.54 Å². The Kier molecular flexibility index (Phi) is 5.24. The Morgan fingerprint density at radius 2 is 2.00 bits per heavy atom. The molecule has 2 rings (SSSR count). The molecule has 0 aliphatic heterocycles. The smallest absolute Gasteiger partial charge is 0.106 e. The van der Waals surface area contributed by atoms with Gasteiger partial charge in [0.15, 0.2) is 0 Å². The summed E-state index contributed by atoms with van der Waals surface area (Å²) in [6.45, 7) is 7.97. The molecule has 2 saturated carbocycles. The second-order valence-corrected chi connectivity index (χ2v) is 6.41. The topological polar surface area (TPSA) is 39.1 Å². The van der Waals surface area contributed by atoms with Gasteiger partial charge in [-0.3, -0.25) is 5.32 Å². The highest BCUT2D eigenvalue weighted by Gasteiger charge is 2.34. The second-order valence-electron chi connectivity index (χ2n) is 6.41. The summed E-state index contributed by atoms with van der Waals surface area (Å²) >= 11 is 0. The van der Waals surface area contributed by atoms with Crippen LogP contribution in [0.3, 0.4) is 0 Å². The lowest BCUT2D eigenvalue weighted by molar-refractivity contribution is 0.254. The normalized spacial score (nSPS) is 22.2. The molecule has 0 amide bonds. The number of rotatable bonds is 10. The highest BCUT2D eigenvalue weighted by Crippen LogP contribution is 2.30. The third-order valence-corrected chi connectivity index (χ3v) is 4.61. The van der Waals surface area contributed by atoms with Crippen LogP contribution >= 0.6 is 0 Å². The van der Waals surface area contributed by atoms with Gasteiger partial charge < -0.3 is 4.90 Å². The fourth-order valence-electron chi connectivity index (χ4n) is 2.79. The van der Waals surface area contributed by atoms with Crippen molar-refractivity contribution in [2.24, 2.45) is 5.92 Å². The van der Waals surface area contributed by atoms with Gasteiger partial charge in [0, 0.05) is 12.6 Å². The van der Waals surface area contributed by atoms with Crippen LogP contribution in [0.1, 0.15) is 58.8 Å². The van der Waals surface area contributed by atoms with Crippen LogP contribution in [0.15, 0.2) is 0 Å². The maximum Gasteiger partial charge on any atom is 0.106 e. The molecule has 0 saturated heterocycles. The number of nitriles is 1. The van der Waals surface area contributed by atoms with Gasteiger partial charge in [-0.05, 0) is 64.0 Å². The highest BCUT2D eigenvalue weighted by molar-refractivity contribution is 5.09. The van der Waals surface area contributed by atoms with E-state index in [9.17, 15) is 5.26 Å². The van der Waals surface area contributed by atoms with E-state index in [1.807, 2.05) is 0 Å². The maximum atomic E-state index is 9.50. The second kappa shape index (κ2) is 6.72. The SMILES string of the molecule is CCN(CCCC(C#N)(CC)NC1CC1)CC1CC1. The van der Waals surface area contributed by atoms with Gasteiger partial charge in [0.05, 0.1) is 6.07 Å². The van der Waals surface area contributed by atoms with Gasteiger partial charge in [-0.1, -0.05) is 13.8 Å². The zero-order valence-corrected chi connectivity index (χ0v) is 12.6. The Balaban J connectivity index is 1.72. The summed E-state index contributed by atoms with van der Waals surface area (Å²) < 4.78 is 0. The first-order valence-electron chi connectivity index (χ1n) is 8.12. The molecule has 108 valence electrons. The van der Waals surface area contributed by atoms with Crippen LogP contribution in [0, 0.1) is 17.2 Å². The molecular weight excluding hydrogens is 234 g/mol. The van der Waals surface area contributed by atoms with Crippen LogP contribution in [0.4, 0.5) is 0 Å². The molecule has 1 atom stereocenters. The van der Waals surface area contributed by atoms with E-state index in [2.05, 4.69) is 30.1 Å². The molecule has 2 aliphatic carbocycles. The first-order valence-corrected chi connectivity index (χ1v) is 8.12. The Bertz CT molecular complexity index is 314. The third kappa shape index (κ3) is 4.78. The van der Waals surface area contributed by atoms with Gasteiger partial charge in [-0.25, -0.2) is 0 Å². The van der Waals surface area contributed by atoms with Crippen LogP contribution in [0.25, 0.3) is 0 Å². The molecule has 0 aromatic heterocycles. The van der Waals surface area contributed by atoms with E-state index in [4.69, 9.17) is 0 Å². The minimum absolute atomic E-state index is 0.264. The van der Waals surface area contributed by atoms with Gasteiger partial charge in [0.25, 0.3) is 0 Å². The van der Waals surface area contributed by atoms with Crippen LogP contribution in [-0.4, -0.2) is 36.1 Å². The number of hydrogen-bond donors (Lipinski definition) is 1. The average molecular weight is 263 g/mol. The lowest BCUT2D eigenvalue weighted by Crippen LogP contribution is -2.45. The quantitative estimate of drug-likeness (QED) is 0.658. The fraction of sp³-hybridized carbons (Fsp3) is 0.938. The van der Waals surface area contributed by atoms with Gasteiger partial charge in [-0.2, -0.15) is 5.26 Å².